The summed E-state index contributed by atoms with van der Waals surface area (Å²) in [4.78, 5) is 49.7. The van der Waals surface area contributed by atoms with Crippen LogP contribution in [0, 0.1) is 0 Å². The number of aryl methyl sites for hydroxylation is 1. The highest BCUT2D eigenvalue weighted by atomic mass is 16.5. The maximum absolute atomic E-state index is 12.8. The van der Waals surface area contributed by atoms with Gasteiger partial charge in [-0.25, -0.2) is 14.5 Å². The van der Waals surface area contributed by atoms with Gasteiger partial charge in [0.05, 0.1) is 18.4 Å². The molecule has 0 unspecified atom stereocenters. The van der Waals surface area contributed by atoms with Gasteiger partial charge >= 0.3 is 12.0 Å². The maximum Gasteiger partial charge on any atom is 0.337 e. The second kappa shape index (κ2) is 7.87. The Morgan fingerprint density at radius 1 is 1.04 bits per heavy atom. The summed E-state index contributed by atoms with van der Waals surface area (Å²) in [5.41, 5.74) is 2.13. The number of hydrogen-bond donors (Lipinski definition) is 1. The van der Waals surface area contributed by atoms with Crippen LogP contribution in [-0.2, 0) is 20.7 Å². The Kier molecular flexibility index (Phi) is 5.35. The molecule has 0 bridgehead atoms. The summed E-state index contributed by atoms with van der Waals surface area (Å²) in [5, 5.41) is 2.18. The van der Waals surface area contributed by atoms with Gasteiger partial charge in [-0.05, 0) is 47.9 Å². The van der Waals surface area contributed by atoms with Crippen LogP contribution in [-0.4, -0.2) is 30.9 Å². The Bertz CT molecular complexity index is 975. The van der Waals surface area contributed by atoms with Crippen molar-refractivity contribution in [2.75, 3.05) is 12.0 Å². The smallest absolute Gasteiger partial charge is 0.337 e. The molecule has 0 aliphatic carbocycles. The fraction of sp³-hybridized carbons (Fsp3) is 0.143. The normalized spacial score (nSPS) is 15.6. The van der Waals surface area contributed by atoms with Crippen molar-refractivity contribution in [3.05, 3.63) is 70.8 Å². The Morgan fingerprint density at radius 3 is 2.25 bits per heavy atom. The summed E-state index contributed by atoms with van der Waals surface area (Å²) in [6.45, 7) is 2.00. The minimum Gasteiger partial charge on any atom is -0.465 e. The van der Waals surface area contributed by atoms with Crippen molar-refractivity contribution < 1.29 is 23.9 Å². The van der Waals surface area contributed by atoms with E-state index in [4.69, 9.17) is 0 Å². The third kappa shape index (κ3) is 3.68. The zero-order valence-electron chi connectivity index (χ0n) is 15.4. The lowest BCUT2D eigenvalue weighted by Crippen LogP contribution is -2.54. The molecule has 2 aromatic carbocycles. The van der Waals surface area contributed by atoms with Crippen LogP contribution in [0.5, 0.6) is 0 Å². The molecule has 0 radical (unpaired) electrons. The number of nitrogens with zero attached hydrogens (tertiary/aromatic N) is 1. The molecule has 1 aliphatic rings. The summed E-state index contributed by atoms with van der Waals surface area (Å²) < 4.78 is 4.63. The molecule has 1 N–H and O–H groups in total. The van der Waals surface area contributed by atoms with E-state index in [1.807, 2.05) is 19.1 Å². The third-order valence-corrected chi connectivity index (χ3v) is 4.35. The minimum atomic E-state index is -0.794. The van der Waals surface area contributed by atoms with E-state index >= 15 is 0 Å². The summed E-state index contributed by atoms with van der Waals surface area (Å²) in [5.74, 6) is -1.97. The highest BCUT2D eigenvalue weighted by Crippen LogP contribution is 2.22. The molecule has 2 aromatic rings. The van der Waals surface area contributed by atoms with Gasteiger partial charge in [0, 0.05) is 0 Å². The van der Waals surface area contributed by atoms with Crippen LogP contribution in [0.4, 0.5) is 10.5 Å². The molecule has 0 spiro atoms. The molecule has 1 fully saturated rings. The molecule has 0 aromatic heterocycles. The Labute approximate surface area is 161 Å². The van der Waals surface area contributed by atoms with Crippen molar-refractivity contribution in [3.8, 4) is 0 Å². The number of nitrogens with one attached hydrogen (secondary N) is 1. The average molecular weight is 378 g/mol. The number of benzene rings is 2. The number of methoxy groups -OCH3 is 1. The second-order valence-electron chi connectivity index (χ2n) is 6.09. The van der Waals surface area contributed by atoms with E-state index in [9.17, 15) is 19.2 Å². The van der Waals surface area contributed by atoms with Gasteiger partial charge in [0.2, 0.25) is 0 Å². The number of anilines is 1. The Balaban J connectivity index is 1.92. The van der Waals surface area contributed by atoms with Crippen LogP contribution in [0.2, 0.25) is 0 Å². The van der Waals surface area contributed by atoms with Crippen LogP contribution in [0.3, 0.4) is 0 Å². The number of hydrogen-bond acceptors (Lipinski definition) is 5. The average Bonchev–Trinajstić information content (AvgIpc) is 2.71. The molecule has 142 valence electrons. The van der Waals surface area contributed by atoms with Gasteiger partial charge in [0.15, 0.2) is 0 Å². The van der Waals surface area contributed by atoms with Gasteiger partial charge in [-0.3, -0.25) is 14.9 Å². The Morgan fingerprint density at radius 2 is 1.68 bits per heavy atom. The van der Waals surface area contributed by atoms with Crippen molar-refractivity contribution in [2.24, 2.45) is 0 Å². The fourth-order valence-electron chi connectivity index (χ4n) is 2.77. The molecule has 1 heterocycles. The molecule has 4 amide bonds. The first-order chi connectivity index (χ1) is 13.4. The largest absolute Gasteiger partial charge is 0.465 e. The number of ether oxygens (including phenoxy) is 1. The van der Waals surface area contributed by atoms with E-state index in [-0.39, 0.29) is 5.57 Å². The summed E-state index contributed by atoms with van der Waals surface area (Å²) in [6.07, 6.45) is 2.20. The second-order valence-corrected chi connectivity index (χ2v) is 6.09. The van der Waals surface area contributed by atoms with Crippen molar-refractivity contribution in [2.45, 2.75) is 13.3 Å². The highest BCUT2D eigenvalue weighted by Gasteiger charge is 2.36. The molecule has 0 atom stereocenters. The molecule has 7 nitrogen and oxygen atoms in total. The summed E-state index contributed by atoms with van der Waals surface area (Å²) >= 11 is 0. The van der Waals surface area contributed by atoms with Crippen molar-refractivity contribution in [1.29, 1.82) is 0 Å². The van der Waals surface area contributed by atoms with E-state index in [1.54, 1.807) is 24.3 Å². The molecule has 1 aliphatic heterocycles. The van der Waals surface area contributed by atoms with E-state index in [0.717, 1.165) is 16.9 Å². The number of imide groups is 2. The number of barbiturate groups is 1. The molecule has 28 heavy (non-hydrogen) atoms. The van der Waals surface area contributed by atoms with Crippen LogP contribution < -0.4 is 10.2 Å². The predicted molar refractivity (Wildman–Crippen MR) is 103 cm³/mol. The van der Waals surface area contributed by atoms with Gasteiger partial charge < -0.3 is 4.74 Å². The molecule has 0 saturated carbocycles. The monoisotopic (exact) mass is 378 g/mol. The van der Waals surface area contributed by atoms with Crippen molar-refractivity contribution >= 4 is 35.6 Å². The number of rotatable bonds is 4. The van der Waals surface area contributed by atoms with E-state index in [0.29, 0.717) is 16.8 Å². The third-order valence-electron chi connectivity index (χ3n) is 4.35. The maximum atomic E-state index is 12.8. The van der Waals surface area contributed by atoms with Gasteiger partial charge in [0.1, 0.15) is 5.57 Å². The molecule has 3 rings (SSSR count). The molecule has 7 heteroatoms. The zero-order chi connectivity index (χ0) is 20.3. The first kappa shape index (κ1) is 19.0. The summed E-state index contributed by atoms with van der Waals surface area (Å²) in [7, 11) is 1.28. The van der Waals surface area contributed by atoms with E-state index in [1.165, 1.54) is 25.3 Å². The zero-order valence-corrected chi connectivity index (χ0v) is 15.4. The first-order valence-corrected chi connectivity index (χ1v) is 8.63. The molecular weight excluding hydrogens is 360 g/mol. The van der Waals surface area contributed by atoms with E-state index in [2.05, 4.69) is 10.1 Å². The lowest BCUT2D eigenvalue weighted by atomic mass is 10.0. The number of carbonyl (C=O) groups is 4. The highest BCUT2D eigenvalue weighted by molar-refractivity contribution is 6.39. The standard InChI is InChI=1S/C21H18N2O5/c1-3-13-6-10-16(11-7-13)23-19(25)17(18(24)22-21(23)27)12-14-4-8-15(9-5-14)20(26)28-2/h4-12H,3H2,1-2H3,(H,22,24,27)/b17-12-. The molecule has 1 saturated heterocycles. The van der Waals surface area contributed by atoms with Crippen molar-refractivity contribution in [3.63, 3.8) is 0 Å². The van der Waals surface area contributed by atoms with Gasteiger partial charge in [-0.1, -0.05) is 31.2 Å². The first-order valence-electron chi connectivity index (χ1n) is 8.63. The lowest BCUT2D eigenvalue weighted by Gasteiger charge is -2.26. The topological polar surface area (TPSA) is 92.8 Å². The van der Waals surface area contributed by atoms with Crippen molar-refractivity contribution in [1.82, 2.24) is 5.32 Å². The molecular formula is C21H18N2O5. The van der Waals surface area contributed by atoms with E-state index < -0.39 is 23.8 Å². The van der Waals surface area contributed by atoms with Crippen LogP contribution in [0.15, 0.2) is 54.1 Å². The number of urea groups is 1. The quantitative estimate of drug-likeness (QED) is 0.502. The van der Waals surface area contributed by atoms with Crippen LogP contribution in [0.1, 0.15) is 28.4 Å². The van der Waals surface area contributed by atoms with Gasteiger partial charge in [-0.15, -0.1) is 0 Å². The number of amides is 4. The van der Waals surface area contributed by atoms with Crippen LogP contribution >= 0.6 is 0 Å². The number of carbonyl (C=O) groups excluding carboxylic acids is 4. The van der Waals surface area contributed by atoms with Gasteiger partial charge in [0.25, 0.3) is 11.8 Å². The fourth-order valence-corrected chi connectivity index (χ4v) is 2.77. The lowest BCUT2D eigenvalue weighted by molar-refractivity contribution is -0.122. The minimum absolute atomic E-state index is 0.176. The van der Waals surface area contributed by atoms with Gasteiger partial charge in [-0.2, -0.15) is 0 Å². The number of esters is 1. The Hall–Kier alpha value is -3.74. The SMILES string of the molecule is CCc1ccc(N2C(=O)NC(=O)/C(=C/c3ccc(C(=O)OC)cc3)C2=O)cc1. The van der Waals surface area contributed by atoms with Crippen LogP contribution in [0.25, 0.3) is 6.08 Å². The summed E-state index contributed by atoms with van der Waals surface area (Å²) in [6, 6.07) is 12.4. The predicted octanol–water partition coefficient (Wildman–Crippen LogP) is 2.70.